The van der Waals surface area contributed by atoms with Gasteiger partial charge in [0.15, 0.2) is 0 Å². The van der Waals surface area contributed by atoms with E-state index >= 15 is 0 Å². The lowest BCUT2D eigenvalue weighted by Gasteiger charge is -2.24. The van der Waals surface area contributed by atoms with Gasteiger partial charge < -0.3 is 9.88 Å². The van der Waals surface area contributed by atoms with Crippen molar-refractivity contribution in [2.75, 3.05) is 6.54 Å². The standard InChI is InChI=1S/C14H21F3N2O/c1-10(8-18-13(2,3)4)9-19-11(14(15,16)17)6-5-7-12(19)20/h5-7,10,18H,8-9H2,1-4H3. The summed E-state index contributed by atoms with van der Waals surface area (Å²) in [5.74, 6) is -0.0876. The van der Waals surface area contributed by atoms with E-state index in [1.54, 1.807) is 0 Å². The van der Waals surface area contributed by atoms with Crippen molar-refractivity contribution in [2.45, 2.75) is 46.0 Å². The largest absolute Gasteiger partial charge is 0.431 e. The highest BCUT2D eigenvalue weighted by Crippen LogP contribution is 2.28. The highest BCUT2D eigenvalue weighted by Gasteiger charge is 2.34. The number of rotatable bonds is 4. The van der Waals surface area contributed by atoms with Crippen LogP contribution in [0.25, 0.3) is 0 Å². The molecule has 0 aromatic carbocycles. The maximum Gasteiger partial charge on any atom is 0.431 e. The number of nitrogens with zero attached hydrogens (tertiary/aromatic N) is 1. The third-order valence-electron chi connectivity index (χ3n) is 2.82. The van der Waals surface area contributed by atoms with Crippen LogP contribution in [0.1, 0.15) is 33.4 Å². The Kier molecular flexibility index (Phi) is 5.02. The van der Waals surface area contributed by atoms with E-state index in [0.717, 1.165) is 22.8 Å². The van der Waals surface area contributed by atoms with Crippen LogP contribution in [0.4, 0.5) is 13.2 Å². The molecule has 1 rings (SSSR count). The van der Waals surface area contributed by atoms with Gasteiger partial charge in [-0.15, -0.1) is 0 Å². The summed E-state index contributed by atoms with van der Waals surface area (Å²) in [6.45, 7) is 8.35. The van der Waals surface area contributed by atoms with Gasteiger partial charge in [0.1, 0.15) is 5.69 Å². The average molecular weight is 290 g/mol. The van der Waals surface area contributed by atoms with Gasteiger partial charge in [-0.05, 0) is 39.3 Å². The first kappa shape index (κ1) is 16.8. The van der Waals surface area contributed by atoms with Crippen molar-refractivity contribution in [2.24, 2.45) is 5.92 Å². The highest BCUT2D eigenvalue weighted by atomic mass is 19.4. The summed E-state index contributed by atoms with van der Waals surface area (Å²) in [5.41, 5.74) is -1.63. The Labute approximate surface area is 116 Å². The Hall–Kier alpha value is -1.30. The lowest BCUT2D eigenvalue weighted by atomic mass is 10.1. The van der Waals surface area contributed by atoms with Gasteiger partial charge in [-0.2, -0.15) is 13.2 Å². The van der Waals surface area contributed by atoms with E-state index < -0.39 is 17.4 Å². The van der Waals surface area contributed by atoms with E-state index in [-0.39, 0.29) is 18.0 Å². The number of aromatic nitrogens is 1. The van der Waals surface area contributed by atoms with Gasteiger partial charge in [0, 0.05) is 18.2 Å². The van der Waals surface area contributed by atoms with Gasteiger partial charge in [0.05, 0.1) is 0 Å². The van der Waals surface area contributed by atoms with Crippen molar-refractivity contribution in [3.05, 3.63) is 34.2 Å². The zero-order valence-corrected chi connectivity index (χ0v) is 12.2. The fourth-order valence-electron chi connectivity index (χ4n) is 1.81. The molecule has 114 valence electrons. The second-order valence-corrected chi connectivity index (χ2v) is 6.09. The quantitative estimate of drug-likeness (QED) is 0.925. The topological polar surface area (TPSA) is 34.0 Å². The molecule has 3 nitrogen and oxygen atoms in total. The SMILES string of the molecule is CC(CNC(C)(C)C)Cn1c(C(F)(F)F)cccc1=O. The number of hydrogen-bond donors (Lipinski definition) is 1. The molecule has 1 aromatic heterocycles. The Morgan fingerprint density at radius 1 is 1.25 bits per heavy atom. The minimum atomic E-state index is -4.52. The van der Waals surface area contributed by atoms with Gasteiger partial charge in [-0.3, -0.25) is 4.79 Å². The summed E-state index contributed by atoms with van der Waals surface area (Å²) in [6.07, 6.45) is -4.52. The van der Waals surface area contributed by atoms with Crippen LogP contribution < -0.4 is 10.9 Å². The summed E-state index contributed by atoms with van der Waals surface area (Å²) in [4.78, 5) is 11.7. The van der Waals surface area contributed by atoms with E-state index in [4.69, 9.17) is 0 Å². The first-order valence-electron chi connectivity index (χ1n) is 6.53. The van der Waals surface area contributed by atoms with Crippen molar-refractivity contribution in [3.63, 3.8) is 0 Å². The van der Waals surface area contributed by atoms with Crippen LogP contribution in [0.5, 0.6) is 0 Å². The summed E-state index contributed by atoms with van der Waals surface area (Å²) >= 11 is 0. The predicted molar refractivity (Wildman–Crippen MR) is 72.6 cm³/mol. The first-order valence-corrected chi connectivity index (χ1v) is 6.53. The van der Waals surface area contributed by atoms with E-state index in [1.165, 1.54) is 0 Å². The molecule has 0 amide bonds. The minimum absolute atomic E-state index is 0.0393. The molecule has 0 aliphatic rings. The van der Waals surface area contributed by atoms with Crippen LogP contribution in [0, 0.1) is 5.92 Å². The minimum Gasteiger partial charge on any atom is -0.312 e. The van der Waals surface area contributed by atoms with E-state index in [9.17, 15) is 18.0 Å². The molecule has 1 heterocycles. The normalized spacial score (nSPS) is 14.3. The molecule has 1 atom stereocenters. The van der Waals surface area contributed by atoms with Crippen LogP contribution in [0.2, 0.25) is 0 Å². The van der Waals surface area contributed by atoms with Gasteiger partial charge >= 0.3 is 6.18 Å². The van der Waals surface area contributed by atoms with Crippen LogP contribution >= 0.6 is 0 Å². The zero-order valence-electron chi connectivity index (χ0n) is 12.2. The van der Waals surface area contributed by atoms with Crippen molar-refractivity contribution in [3.8, 4) is 0 Å². The maximum atomic E-state index is 12.9. The molecule has 1 aromatic rings. The van der Waals surface area contributed by atoms with Crippen LogP contribution in [0.3, 0.4) is 0 Å². The van der Waals surface area contributed by atoms with Gasteiger partial charge in [-0.25, -0.2) is 0 Å². The molecule has 0 fully saturated rings. The molecule has 1 N–H and O–H groups in total. The van der Waals surface area contributed by atoms with Crippen molar-refractivity contribution in [1.82, 2.24) is 9.88 Å². The first-order chi connectivity index (χ1) is 9.00. The Morgan fingerprint density at radius 2 is 1.85 bits per heavy atom. The number of nitrogens with one attached hydrogen (secondary N) is 1. The Morgan fingerprint density at radius 3 is 2.35 bits per heavy atom. The third-order valence-corrected chi connectivity index (χ3v) is 2.82. The molecule has 0 radical (unpaired) electrons. The molecule has 0 aliphatic heterocycles. The Bertz CT molecular complexity index is 500. The molecular weight excluding hydrogens is 269 g/mol. The van der Waals surface area contributed by atoms with E-state index in [0.29, 0.717) is 6.54 Å². The van der Waals surface area contributed by atoms with Crippen molar-refractivity contribution >= 4 is 0 Å². The predicted octanol–water partition coefficient (Wildman–Crippen LogP) is 2.89. The third kappa shape index (κ3) is 5.00. The van der Waals surface area contributed by atoms with E-state index in [1.807, 2.05) is 27.7 Å². The van der Waals surface area contributed by atoms with Crippen molar-refractivity contribution in [1.29, 1.82) is 0 Å². The van der Waals surface area contributed by atoms with Crippen LogP contribution in [0.15, 0.2) is 23.0 Å². The maximum absolute atomic E-state index is 12.9. The second-order valence-electron chi connectivity index (χ2n) is 6.09. The lowest BCUT2D eigenvalue weighted by Crippen LogP contribution is -2.40. The molecule has 20 heavy (non-hydrogen) atoms. The molecule has 0 bridgehead atoms. The Balaban J connectivity index is 2.90. The number of pyridine rings is 1. The van der Waals surface area contributed by atoms with Crippen LogP contribution in [-0.2, 0) is 12.7 Å². The molecule has 0 saturated heterocycles. The molecule has 0 aliphatic carbocycles. The highest BCUT2D eigenvalue weighted by molar-refractivity contribution is 5.10. The zero-order chi connectivity index (χ0) is 15.6. The number of hydrogen-bond acceptors (Lipinski definition) is 2. The summed E-state index contributed by atoms with van der Waals surface area (Å²) in [6, 6.07) is 3.23. The molecule has 0 saturated carbocycles. The fraction of sp³-hybridized carbons (Fsp3) is 0.643. The van der Waals surface area contributed by atoms with Crippen LogP contribution in [-0.4, -0.2) is 16.7 Å². The summed E-state index contributed by atoms with van der Waals surface area (Å²) in [7, 11) is 0. The fourth-order valence-corrected chi connectivity index (χ4v) is 1.81. The monoisotopic (exact) mass is 290 g/mol. The van der Waals surface area contributed by atoms with Crippen molar-refractivity contribution < 1.29 is 13.2 Å². The number of alkyl halides is 3. The average Bonchev–Trinajstić information content (AvgIpc) is 2.27. The van der Waals surface area contributed by atoms with Gasteiger partial charge in [0.25, 0.3) is 5.56 Å². The lowest BCUT2D eigenvalue weighted by molar-refractivity contribution is -0.144. The molecule has 0 spiro atoms. The molecular formula is C14H21F3N2O. The van der Waals surface area contributed by atoms with Gasteiger partial charge in [0.2, 0.25) is 0 Å². The molecule has 6 heteroatoms. The van der Waals surface area contributed by atoms with Gasteiger partial charge in [-0.1, -0.05) is 13.0 Å². The molecule has 1 unspecified atom stereocenters. The number of halogens is 3. The second kappa shape index (κ2) is 5.99. The smallest absolute Gasteiger partial charge is 0.312 e. The van der Waals surface area contributed by atoms with E-state index in [2.05, 4.69) is 5.32 Å². The summed E-state index contributed by atoms with van der Waals surface area (Å²) in [5, 5.41) is 3.22. The summed E-state index contributed by atoms with van der Waals surface area (Å²) < 4.78 is 39.4.